The minimum absolute atomic E-state index is 0.0507. The fourth-order valence-electron chi connectivity index (χ4n) is 1.51. The Balaban J connectivity index is 2.82. The Kier molecular flexibility index (Phi) is 4.55. The maximum absolute atomic E-state index is 11.9. The molecule has 0 aromatic heterocycles. The van der Waals surface area contributed by atoms with E-state index in [1.165, 1.54) is 6.07 Å². The Hall–Kier alpha value is -1.31. The van der Waals surface area contributed by atoms with Gasteiger partial charge in [-0.2, -0.15) is 0 Å². The van der Waals surface area contributed by atoms with E-state index in [1.807, 2.05) is 22.6 Å². The molecule has 1 aromatic rings. The molecular weight excluding hydrogens is 347 g/mol. The van der Waals surface area contributed by atoms with Gasteiger partial charge in [-0.25, -0.2) is 0 Å². The summed E-state index contributed by atoms with van der Waals surface area (Å²) in [5.74, 6) is -0.783. The molecule has 1 rings (SSSR count). The molecule has 4 N–H and O–H groups in total. The Morgan fingerprint density at radius 3 is 2.56 bits per heavy atom. The van der Waals surface area contributed by atoms with Crippen LogP contribution in [0.25, 0.3) is 0 Å². The summed E-state index contributed by atoms with van der Waals surface area (Å²) < 4.78 is 0.667. The molecule has 6 heteroatoms. The van der Waals surface area contributed by atoms with Crippen molar-refractivity contribution in [2.75, 3.05) is 0 Å². The van der Waals surface area contributed by atoms with Gasteiger partial charge < -0.3 is 16.2 Å². The van der Waals surface area contributed by atoms with Crippen molar-refractivity contribution >= 4 is 34.4 Å². The minimum atomic E-state index is -0.721. The number of hydrogen-bond donors (Lipinski definition) is 3. The molecule has 0 saturated carbocycles. The maximum Gasteiger partial charge on any atom is 0.251 e. The van der Waals surface area contributed by atoms with Gasteiger partial charge in [-0.15, -0.1) is 0 Å². The normalized spacial score (nSPS) is 11.1. The highest BCUT2D eigenvalue weighted by molar-refractivity contribution is 14.1. The lowest BCUT2D eigenvalue weighted by atomic mass is 9.99. The number of carbonyl (C=O) groups excluding carboxylic acids is 2. The second-order valence-corrected chi connectivity index (χ2v) is 5.81. The van der Waals surface area contributed by atoms with Crippen LogP contribution in [0.5, 0.6) is 5.75 Å². The molecule has 0 bridgehead atoms. The lowest BCUT2D eigenvalue weighted by Crippen LogP contribution is -2.46. The maximum atomic E-state index is 11.9. The molecule has 5 nitrogen and oxygen atoms in total. The van der Waals surface area contributed by atoms with E-state index in [0.717, 1.165) is 0 Å². The minimum Gasteiger partial charge on any atom is -0.507 e. The average molecular weight is 362 g/mol. The van der Waals surface area contributed by atoms with Crippen LogP contribution in [0.1, 0.15) is 30.6 Å². The summed E-state index contributed by atoms with van der Waals surface area (Å²) in [6, 6.07) is 4.64. The number of primary amides is 1. The highest BCUT2D eigenvalue weighted by Crippen LogP contribution is 2.21. The van der Waals surface area contributed by atoms with Crippen LogP contribution in [0.2, 0.25) is 0 Å². The van der Waals surface area contributed by atoms with Crippen LogP contribution in [-0.4, -0.2) is 22.5 Å². The fraction of sp³-hybridized carbons (Fsp3) is 0.333. The molecule has 1 aromatic carbocycles. The Morgan fingerprint density at radius 1 is 1.44 bits per heavy atom. The van der Waals surface area contributed by atoms with E-state index in [4.69, 9.17) is 5.73 Å². The van der Waals surface area contributed by atoms with Crippen molar-refractivity contribution in [2.24, 2.45) is 5.73 Å². The zero-order chi connectivity index (χ0) is 13.9. The number of aromatic hydroxyl groups is 1. The van der Waals surface area contributed by atoms with Crippen LogP contribution in [0, 0.1) is 3.57 Å². The Morgan fingerprint density at radius 2 is 2.06 bits per heavy atom. The molecule has 0 fully saturated rings. The second kappa shape index (κ2) is 5.55. The van der Waals surface area contributed by atoms with Crippen molar-refractivity contribution in [3.05, 3.63) is 27.3 Å². The molecule has 2 amide bonds. The van der Waals surface area contributed by atoms with Gasteiger partial charge in [-0.1, -0.05) is 0 Å². The van der Waals surface area contributed by atoms with E-state index in [-0.39, 0.29) is 18.1 Å². The smallest absolute Gasteiger partial charge is 0.251 e. The highest BCUT2D eigenvalue weighted by atomic mass is 127. The Labute approximate surface area is 119 Å². The van der Waals surface area contributed by atoms with E-state index in [2.05, 4.69) is 5.32 Å². The summed E-state index contributed by atoms with van der Waals surface area (Å²) in [4.78, 5) is 22.8. The molecular formula is C12H15IN2O3. The summed E-state index contributed by atoms with van der Waals surface area (Å²) in [6.07, 6.45) is 0.0507. The quantitative estimate of drug-likeness (QED) is 0.707. The van der Waals surface area contributed by atoms with Crippen molar-refractivity contribution in [3.63, 3.8) is 0 Å². The van der Waals surface area contributed by atoms with Gasteiger partial charge in [0, 0.05) is 17.5 Å². The number of benzene rings is 1. The van der Waals surface area contributed by atoms with Gasteiger partial charge in [0.1, 0.15) is 5.75 Å². The number of phenolic OH excluding ortho intramolecular Hbond substituents is 1. The summed E-state index contributed by atoms with van der Waals surface area (Å²) in [6.45, 7) is 3.42. The zero-order valence-electron chi connectivity index (χ0n) is 10.2. The number of nitrogens with two attached hydrogens (primary N) is 1. The molecule has 0 radical (unpaired) electrons. The third-order valence-corrected chi connectivity index (χ3v) is 3.19. The lowest BCUT2D eigenvalue weighted by Gasteiger charge is -2.24. The summed E-state index contributed by atoms with van der Waals surface area (Å²) >= 11 is 1.97. The van der Waals surface area contributed by atoms with Crippen molar-refractivity contribution in [1.29, 1.82) is 0 Å². The van der Waals surface area contributed by atoms with Crippen LogP contribution in [0.3, 0.4) is 0 Å². The number of carbonyl (C=O) groups is 2. The lowest BCUT2D eigenvalue weighted by molar-refractivity contribution is -0.119. The van der Waals surface area contributed by atoms with Crippen LogP contribution in [0.4, 0.5) is 0 Å². The first-order valence-electron chi connectivity index (χ1n) is 5.30. The van der Waals surface area contributed by atoms with Gasteiger partial charge in [0.05, 0.1) is 3.57 Å². The summed E-state index contributed by atoms with van der Waals surface area (Å²) in [5, 5.41) is 12.2. The second-order valence-electron chi connectivity index (χ2n) is 4.65. The molecule has 0 aliphatic carbocycles. The molecule has 0 atom stereocenters. The van der Waals surface area contributed by atoms with Crippen LogP contribution in [0.15, 0.2) is 18.2 Å². The molecule has 0 aliphatic rings. The van der Waals surface area contributed by atoms with Gasteiger partial charge in [0.2, 0.25) is 5.91 Å². The number of halogens is 1. The first-order chi connectivity index (χ1) is 8.21. The van der Waals surface area contributed by atoms with Gasteiger partial charge in [-0.05, 0) is 54.6 Å². The average Bonchev–Trinajstić information content (AvgIpc) is 2.19. The van der Waals surface area contributed by atoms with Crippen molar-refractivity contribution < 1.29 is 14.7 Å². The van der Waals surface area contributed by atoms with E-state index < -0.39 is 11.4 Å². The third-order valence-electron chi connectivity index (χ3n) is 2.28. The first-order valence-corrected chi connectivity index (χ1v) is 6.38. The number of nitrogens with one attached hydrogen (secondary N) is 1. The monoisotopic (exact) mass is 362 g/mol. The van der Waals surface area contributed by atoms with Crippen LogP contribution < -0.4 is 11.1 Å². The van der Waals surface area contributed by atoms with Gasteiger partial charge in [0.25, 0.3) is 5.91 Å². The predicted molar refractivity (Wildman–Crippen MR) is 76.2 cm³/mol. The molecule has 0 saturated heterocycles. The molecule has 18 heavy (non-hydrogen) atoms. The van der Waals surface area contributed by atoms with Crippen molar-refractivity contribution in [2.45, 2.75) is 25.8 Å². The number of phenols is 1. The fourth-order valence-corrected chi connectivity index (χ4v) is 1.85. The van der Waals surface area contributed by atoms with E-state index in [9.17, 15) is 14.7 Å². The summed E-state index contributed by atoms with van der Waals surface area (Å²) in [5.41, 5.74) is 4.72. The van der Waals surface area contributed by atoms with Crippen LogP contribution in [-0.2, 0) is 4.79 Å². The van der Waals surface area contributed by atoms with Gasteiger partial charge >= 0.3 is 0 Å². The van der Waals surface area contributed by atoms with E-state index in [0.29, 0.717) is 9.13 Å². The van der Waals surface area contributed by atoms with Crippen molar-refractivity contribution in [1.82, 2.24) is 5.32 Å². The first kappa shape index (κ1) is 14.7. The molecule has 0 unspecified atom stereocenters. The topological polar surface area (TPSA) is 92.4 Å². The Bertz CT molecular complexity index is 486. The third kappa shape index (κ3) is 4.17. The SMILES string of the molecule is CC(C)(CC(N)=O)NC(=O)c1ccc(I)c(O)c1. The van der Waals surface area contributed by atoms with Gasteiger partial charge in [-0.3, -0.25) is 9.59 Å². The largest absolute Gasteiger partial charge is 0.507 e. The molecule has 98 valence electrons. The zero-order valence-corrected chi connectivity index (χ0v) is 12.3. The standard InChI is InChI=1S/C12H15IN2O3/c1-12(2,6-10(14)17)15-11(18)7-3-4-8(13)9(16)5-7/h3-5,16H,6H2,1-2H3,(H2,14,17)(H,15,18). The molecule has 0 spiro atoms. The van der Waals surface area contributed by atoms with E-state index in [1.54, 1.807) is 26.0 Å². The number of amides is 2. The highest BCUT2D eigenvalue weighted by Gasteiger charge is 2.23. The molecule has 0 heterocycles. The van der Waals surface area contributed by atoms with Crippen LogP contribution >= 0.6 is 22.6 Å². The van der Waals surface area contributed by atoms with Gasteiger partial charge in [0.15, 0.2) is 0 Å². The summed E-state index contributed by atoms with van der Waals surface area (Å²) in [7, 11) is 0. The van der Waals surface area contributed by atoms with Crippen molar-refractivity contribution in [3.8, 4) is 5.75 Å². The molecule has 0 aliphatic heterocycles. The van der Waals surface area contributed by atoms with E-state index >= 15 is 0 Å². The number of rotatable bonds is 4. The predicted octanol–water partition coefficient (Wildman–Crippen LogP) is 1.38. The number of hydrogen-bond acceptors (Lipinski definition) is 3.